The topological polar surface area (TPSA) is 62.2 Å². The van der Waals surface area contributed by atoms with E-state index in [1.54, 1.807) is 18.2 Å². The lowest BCUT2D eigenvalue weighted by Gasteiger charge is -2.05. The van der Waals surface area contributed by atoms with Crippen LogP contribution in [0.25, 0.3) is 10.9 Å². The highest BCUT2D eigenvalue weighted by Crippen LogP contribution is 2.27. The molecule has 0 unspecified atom stereocenters. The van der Waals surface area contributed by atoms with Crippen LogP contribution in [0.4, 0.5) is 5.00 Å². The van der Waals surface area contributed by atoms with Crippen LogP contribution in [0.3, 0.4) is 0 Å². The Morgan fingerprint density at radius 1 is 1.20 bits per heavy atom. The standard InChI is InChI=1S/C15H12N2O2S/c18-15(19)11-5-3-4-10(8-11)9-16-14-12-6-1-2-7-13(12)17-20-14/h1-8,16H,9H2,(H,18,19). The molecule has 0 fully saturated rings. The van der Waals surface area contributed by atoms with Crippen LogP contribution in [0, 0.1) is 0 Å². The predicted octanol–water partition coefficient (Wildman–Crippen LogP) is 3.61. The molecule has 1 aromatic heterocycles. The first-order valence-electron chi connectivity index (χ1n) is 6.14. The number of carboxylic acids is 1. The summed E-state index contributed by atoms with van der Waals surface area (Å²) in [7, 11) is 0. The Bertz CT molecular complexity index is 767. The van der Waals surface area contributed by atoms with E-state index in [1.165, 1.54) is 11.5 Å². The van der Waals surface area contributed by atoms with E-state index in [1.807, 2.05) is 30.3 Å². The first-order valence-corrected chi connectivity index (χ1v) is 6.92. The normalized spacial score (nSPS) is 10.6. The van der Waals surface area contributed by atoms with Crippen molar-refractivity contribution >= 4 is 33.4 Å². The van der Waals surface area contributed by atoms with E-state index in [9.17, 15) is 4.79 Å². The molecule has 0 atom stereocenters. The van der Waals surface area contributed by atoms with Gasteiger partial charge in [0.2, 0.25) is 0 Å². The van der Waals surface area contributed by atoms with Gasteiger partial charge >= 0.3 is 5.97 Å². The highest BCUT2D eigenvalue weighted by molar-refractivity contribution is 7.11. The molecule has 3 rings (SSSR count). The molecule has 0 saturated heterocycles. The lowest BCUT2D eigenvalue weighted by Crippen LogP contribution is -2.01. The molecular weight excluding hydrogens is 272 g/mol. The van der Waals surface area contributed by atoms with Crippen molar-refractivity contribution in [2.75, 3.05) is 5.32 Å². The number of benzene rings is 2. The van der Waals surface area contributed by atoms with E-state index in [-0.39, 0.29) is 0 Å². The molecule has 1 heterocycles. The fraction of sp³-hybridized carbons (Fsp3) is 0.0667. The number of nitrogens with one attached hydrogen (secondary N) is 1. The first-order chi connectivity index (χ1) is 9.74. The van der Waals surface area contributed by atoms with Gasteiger partial charge in [0.25, 0.3) is 0 Å². The van der Waals surface area contributed by atoms with Crippen LogP contribution in [0.1, 0.15) is 15.9 Å². The maximum Gasteiger partial charge on any atom is 0.335 e. The second-order valence-electron chi connectivity index (χ2n) is 4.39. The van der Waals surface area contributed by atoms with Gasteiger partial charge in [-0.3, -0.25) is 0 Å². The summed E-state index contributed by atoms with van der Waals surface area (Å²) in [6.07, 6.45) is 0. The molecule has 2 aromatic carbocycles. The van der Waals surface area contributed by atoms with Crippen LogP contribution < -0.4 is 5.32 Å². The van der Waals surface area contributed by atoms with Crippen LogP contribution in [-0.4, -0.2) is 15.4 Å². The van der Waals surface area contributed by atoms with Crippen molar-refractivity contribution in [2.45, 2.75) is 6.54 Å². The summed E-state index contributed by atoms with van der Waals surface area (Å²) in [4.78, 5) is 10.9. The molecule has 2 N–H and O–H groups in total. The van der Waals surface area contributed by atoms with Gasteiger partial charge in [0.05, 0.1) is 11.1 Å². The number of aromatic nitrogens is 1. The van der Waals surface area contributed by atoms with Crippen LogP contribution in [0.15, 0.2) is 48.5 Å². The van der Waals surface area contributed by atoms with Crippen LogP contribution in [-0.2, 0) is 6.54 Å². The summed E-state index contributed by atoms with van der Waals surface area (Å²) in [6, 6.07) is 14.9. The number of rotatable bonds is 4. The number of nitrogens with zero attached hydrogens (tertiary/aromatic N) is 1. The molecule has 0 saturated carbocycles. The molecule has 4 nitrogen and oxygen atoms in total. The number of fused-ring (bicyclic) bond motifs is 1. The lowest BCUT2D eigenvalue weighted by molar-refractivity contribution is 0.0697. The van der Waals surface area contributed by atoms with Crippen molar-refractivity contribution in [3.63, 3.8) is 0 Å². The van der Waals surface area contributed by atoms with Gasteiger partial charge in [-0.25, -0.2) is 4.79 Å². The summed E-state index contributed by atoms with van der Waals surface area (Å²) in [5.41, 5.74) is 2.21. The maximum atomic E-state index is 10.9. The molecule has 0 radical (unpaired) electrons. The quantitative estimate of drug-likeness (QED) is 0.768. The van der Waals surface area contributed by atoms with Crippen molar-refractivity contribution in [2.24, 2.45) is 0 Å². The summed E-state index contributed by atoms with van der Waals surface area (Å²) >= 11 is 1.42. The molecule has 0 spiro atoms. The second kappa shape index (κ2) is 5.30. The van der Waals surface area contributed by atoms with Crippen molar-refractivity contribution in [3.8, 4) is 0 Å². The Morgan fingerprint density at radius 3 is 2.90 bits per heavy atom. The SMILES string of the molecule is O=C(O)c1cccc(CNc2snc3ccccc23)c1. The minimum absolute atomic E-state index is 0.304. The number of carbonyl (C=O) groups is 1. The van der Waals surface area contributed by atoms with Gasteiger partial charge < -0.3 is 10.4 Å². The number of hydrogen-bond donors (Lipinski definition) is 2. The van der Waals surface area contributed by atoms with Crippen molar-refractivity contribution in [3.05, 3.63) is 59.7 Å². The number of carboxylic acid groups (broad SMARTS) is 1. The molecule has 0 aliphatic carbocycles. The van der Waals surface area contributed by atoms with Crippen LogP contribution in [0.2, 0.25) is 0 Å². The fourth-order valence-electron chi connectivity index (χ4n) is 2.01. The molecule has 100 valence electrons. The predicted molar refractivity (Wildman–Crippen MR) is 80.3 cm³/mol. The largest absolute Gasteiger partial charge is 0.478 e. The molecule has 0 amide bonds. The van der Waals surface area contributed by atoms with Gasteiger partial charge in [0.1, 0.15) is 5.00 Å². The smallest absolute Gasteiger partial charge is 0.335 e. The van der Waals surface area contributed by atoms with Crippen molar-refractivity contribution in [1.82, 2.24) is 4.37 Å². The third-order valence-corrected chi connectivity index (χ3v) is 3.85. The Labute approximate surface area is 119 Å². The lowest BCUT2D eigenvalue weighted by atomic mass is 10.1. The van der Waals surface area contributed by atoms with E-state index in [0.29, 0.717) is 12.1 Å². The molecule has 20 heavy (non-hydrogen) atoms. The third-order valence-electron chi connectivity index (χ3n) is 3.01. The van der Waals surface area contributed by atoms with E-state index >= 15 is 0 Å². The minimum atomic E-state index is -0.907. The third kappa shape index (κ3) is 2.48. The van der Waals surface area contributed by atoms with E-state index in [2.05, 4.69) is 9.69 Å². The highest BCUT2D eigenvalue weighted by Gasteiger charge is 2.06. The van der Waals surface area contributed by atoms with Gasteiger partial charge in [-0.05, 0) is 41.4 Å². The van der Waals surface area contributed by atoms with Gasteiger partial charge in [-0.2, -0.15) is 4.37 Å². The van der Waals surface area contributed by atoms with Gasteiger partial charge in [0, 0.05) is 11.9 Å². The summed E-state index contributed by atoms with van der Waals surface area (Å²) in [6.45, 7) is 0.577. The van der Waals surface area contributed by atoms with Crippen molar-refractivity contribution in [1.29, 1.82) is 0 Å². The molecule has 0 aliphatic rings. The van der Waals surface area contributed by atoms with Gasteiger partial charge in [0.15, 0.2) is 0 Å². The molecular formula is C15H12N2O2S. The van der Waals surface area contributed by atoms with E-state index in [0.717, 1.165) is 21.5 Å². The minimum Gasteiger partial charge on any atom is -0.478 e. The molecule has 3 aromatic rings. The Hall–Kier alpha value is -2.40. The zero-order chi connectivity index (χ0) is 13.9. The van der Waals surface area contributed by atoms with Crippen LogP contribution in [0.5, 0.6) is 0 Å². The number of anilines is 1. The zero-order valence-corrected chi connectivity index (χ0v) is 11.4. The Morgan fingerprint density at radius 2 is 2.05 bits per heavy atom. The Balaban J connectivity index is 1.79. The zero-order valence-electron chi connectivity index (χ0n) is 10.5. The average molecular weight is 284 g/mol. The van der Waals surface area contributed by atoms with E-state index < -0.39 is 5.97 Å². The second-order valence-corrected chi connectivity index (χ2v) is 5.16. The summed E-state index contributed by atoms with van der Waals surface area (Å²) in [5, 5.41) is 14.4. The van der Waals surface area contributed by atoms with Crippen molar-refractivity contribution < 1.29 is 9.90 Å². The van der Waals surface area contributed by atoms with Gasteiger partial charge in [-0.1, -0.05) is 24.3 Å². The summed E-state index contributed by atoms with van der Waals surface area (Å²) in [5.74, 6) is -0.907. The molecule has 5 heteroatoms. The Kier molecular flexibility index (Phi) is 3.35. The highest BCUT2D eigenvalue weighted by atomic mass is 32.1. The fourth-order valence-corrected chi connectivity index (χ4v) is 2.77. The molecule has 0 bridgehead atoms. The number of hydrogen-bond acceptors (Lipinski definition) is 4. The average Bonchev–Trinajstić information content (AvgIpc) is 2.89. The van der Waals surface area contributed by atoms with E-state index in [4.69, 9.17) is 5.11 Å². The van der Waals surface area contributed by atoms with Crippen LogP contribution >= 0.6 is 11.5 Å². The monoisotopic (exact) mass is 284 g/mol. The maximum absolute atomic E-state index is 10.9. The first kappa shape index (κ1) is 12.6. The van der Waals surface area contributed by atoms with Gasteiger partial charge in [-0.15, -0.1) is 0 Å². The molecule has 0 aliphatic heterocycles. The number of aromatic carboxylic acids is 1. The summed E-state index contributed by atoms with van der Waals surface area (Å²) < 4.78 is 4.36.